The van der Waals surface area contributed by atoms with Gasteiger partial charge in [0, 0.05) is 18.4 Å². The van der Waals surface area contributed by atoms with Crippen LogP contribution in [0.1, 0.15) is 0 Å². The lowest BCUT2D eigenvalue weighted by Crippen LogP contribution is -2.51. The van der Waals surface area contributed by atoms with Crippen molar-refractivity contribution in [1.29, 1.82) is 0 Å². The molecule has 0 radical (unpaired) electrons. The van der Waals surface area contributed by atoms with Crippen molar-refractivity contribution in [3.05, 3.63) is 40.7 Å². The van der Waals surface area contributed by atoms with Crippen LogP contribution < -0.4 is 4.65 Å². The Morgan fingerprint density at radius 3 is 2.24 bits per heavy atom. The molecular weight excluding hydrogens is 330 g/mol. The van der Waals surface area contributed by atoms with Crippen molar-refractivity contribution in [3.63, 3.8) is 0 Å². The minimum atomic E-state index is -3.24. The van der Waals surface area contributed by atoms with Crippen molar-refractivity contribution in [1.82, 2.24) is 4.65 Å². The normalized spacial score (nSPS) is 28.5. The summed E-state index contributed by atoms with van der Waals surface area (Å²) in [7, 11) is -3.24. The van der Waals surface area contributed by atoms with Crippen LogP contribution in [0.4, 0.5) is 5.69 Å². The summed E-state index contributed by atoms with van der Waals surface area (Å²) >= 11 is 8.92. The summed E-state index contributed by atoms with van der Waals surface area (Å²) in [4.78, 5) is -0.331. The standard InChI is InChI=1S/C10H9BrClNO3S/c1-17(15,16)8-4-2-7(3-5-8)13(14)6-9(12)10(13)11/h2-6,10H,1H3. The summed E-state index contributed by atoms with van der Waals surface area (Å²) in [6, 6.07) is 5.83. The Labute approximate surface area is 113 Å². The summed E-state index contributed by atoms with van der Waals surface area (Å²) < 4.78 is 21.8. The minimum Gasteiger partial charge on any atom is -0.621 e. The molecule has 2 rings (SSSR count). The van der Waals surface area contributed by atoms with Gasteiger partial charge in [0.05, 0.1) is 4.90 Å². The van der Waals surface area contributed by atoms with Crippen LogP contribution >= 0.6 is 27.5 Å². The summed E-state index contributed by atoms with van der Waals surface area (Å²) in [5.74, 6) is 0. The van der Waals surface area contributed by atoms with Crippen molar-refractivity contribution >= 4 is 43.1 Å². The molecule has 1 heterocycles. The maximum absolute atomic E-state index is 12.2. The minimum absolute atomic E-state index is 0.189. The van der Waals surface area contributed by atoms with Crippen molar-refractivity contribution in [3.8, 4) is 0 Å². The molecule has 1 aliphatic rings. The van der Waals surface area contributed by atoms with Gasteiger partial charge in [-0.1, -0.05) is 11.6 Å². The molecule has 0 saturated carbocycles. The average Bonchev–Trinajstić information content (AvgIpc) is 2.27. The number of benzene rings is 1. The molecule has 0 saturated heterocycles. The van der Waals surface area contributed by atoms with Crippen LogP contribution in [0.5, 0.6) is 0 Å². The Morgan fingerprint density at radius 1 is 1.35 bits per heavy atom. The topological polar surface area (TPSA) is 57.2 Å². The average molecular weight is 339 g/mol. The predicted molar refractivity (Wildman–Crippen MR) is 71.4 cm³/mol. The molecule has 0 aliphatic carbocycles. The first kappa shape index (κ1) is 13.0. The van der Waals surface area contributed by atoms with Gasteiger partial charge in [0.25, 0.3) is 0 Å². The molecule has 0 fully saturated rings. The van der Waals surface area contributed by atoms with Gasteiger partial charge in [-0.05, 0) is 28.1 Å². The molecule has 0 spiro atoms. The fourth-order valence-electron chi connectivity index (χ4n) is 1.54. The van der Waals surface area contributed by atoms with E-state index in [0.717, 1.165) is 6.26 Å². The monoisotopic (exact) mass is 337 g/mol. The van der Waals surface area contributed by atoms with Gasteiger partial charge < -0.3 is 5.21 Å². The second-order valence-corrected chi connectivity index (χ2v) is 7.14. The Kier molecular flexibility index (Phi) is 3.12. The van der Waals surface area contributed by atoms with E-state index in [2.05, 4.69) is 15.9 Å². The number of quaternary nitrogens is 1. The van der Waals surface area contributed by atoms with E-state index in [1.165, 1.54) is 30.5 Å². The fourth-order valence-corrected chi connectivity index (χ4v) is 2.94. The molecule has 1 aromatic rings. The van der Waals surface area contributed by atoms with Crippen molar-refractivity contribution in [2.24, 2.45) is 0 Å². The molecule has 1 aliphatic heterocycles. The zero-order valence-electron chi connectivity index (χ0n) is 8.80. The van der Waals surface area contributed by atoms with Gasteiger partial charge in [-0.15, -0.1) is 0 Å². The first-order valence-electron chi connectivity index (χ1n) is 4.67. The first-order valence-corrected chi connectivity index (χ1v) is 7.86. The summed E-state index contributed by atoms with van der Waals surface area (Å²) in [5.41, 5.74) is 0.434. The van der Waals surface area contributed by atoms with E-state index < -0.39 is 19.4 Å². The summed E-state index contributed by atoms with van der Waals surface area (Å²) in [5, 5.41) is 12.7. The van der Waals surface area contributed by atoms with Gasteiger partial charge in [-0.2, -0.15) is 0 Å². The van der Waals surface area contributed by atoms with Gasteiger partial charge >= 0.3 is 0 Å². The third-order valence-electron chi connectivity index (χ3n) is 2.55. The molecule has 1 aromatic carbocycles. The second kappa shape index (κ2) is 4.07. The van der Waals surface area contributed by atoms with Crippen molar-refractivity contribution < 1.29 is 8.42 Å². The molecule has 7 heteroatoms. The highest BCUT2D eigenvalue weighted by Gasteiger charge is 2.40. The van der Waals surface area contributed by atoms with Crippen molar-refractivity contribution in [2.45, 2.75) is 9.85 Å². The first-order chi connectivity index (χ1) is 7.75. The number of halogens is 2. The third-order valence-corrected chi connectivity index (χ3v) is 5.35. The highest BCUT2D eigenvalue weighted by atomic mass is 79.9. The Balaban J connectivity index is 2.39. The van der Waals surface area contributed by atoms with Crippen LogP contribution in [0.15, 0.2) is 40.4 Å². The van der Waals surface area contributed by atoms with Crippen LogP contribution in [0.3, 0.4) is 0 Å². The third kappa shape index (κ3) is 2.15. The smallest absolute Gasteiger partial charge is 0.194 e. The van der Waals surface area contributed by atoms with E-state index in [9.17, 15) is 13.6 Å². The number of hydroxylamine groups is 2. The zero-order chi connectivity index (χ0) is 12.8. The van der Waals surface area contributed by atoms with E-state index in [4.69, 9.17) is 11.6 Å². The quantitative estimate of drug-likeness (QED) is 0.360. The van der Waals surface area contributed by atoms with Gasteiger partial charge in [0.15, 0.2) is 14.8 Å². The fraction of sp³-hybridized carbons (Fsp3) is 0.200. The van der Waals surface area contributed by atoms with Gasteiger partial charge in [0.1, 0.15) is 16.9 Å². The lowest BCUT2D eigenvalue weighted by atomic mass is 10.2. The van der Waals surface area contributed by atoms with Crippen LogP contribution in [-0.2, 0) is 9.84 Å². The van der Waals surface area contributed by atoms with Gasteiger partial charge in [0.2, 0.25) is 0 Å². The highest BCUT2D eigenvalue weighted by molar-refractivity contribution is 9.09. The van der Waals surface area contributed by atoms with E-state index >= 15 is 0 Å². The molecule has 0 aromatic heterocycles. The molecule has 0 amide bonds. The number of hydrogen-bond acceptors (Lipinski definition) is 3. The molecule has 17 heavy (non-hydrogen) atoms. The lowest BCUT2D eigenvalue weighted by Gasteiger charge is -2.48. The maximum Gasteiger partial charge on any atom is 0.194 e. The van der Waals surface area contributed by atoms with E-state index in [0.29, 0.717) is 10.7 Å². The number of rotatable bonds is 2. The van der Waals surface area contributed by atoms with Crippen LogP contribution in [0.25, 0.3) is 0 Å². The Hall–Kier alpha value is -0.400. The Morgan fingerprint density at radius 2 is 1.88 bits per heavy atom. The summed E-state index contributed by atoms with van der Waals surface area (Å²) in [6.45, 7) is 0. The molecule has 4 nitrogen and oxygen atoms in total. The van der Waals surface area contributed by atoms with E-state index in [1.807, 2.05) is 0 Å². The second-order valence-electron chi connectivity index (χ2n) is 3.83. The van der Waals surface area contributed by atoms with Crippen LogP contribution in [-0.4, -0.2) is 19.6 Å². The number of hydrogen-bond donors (Lipinski definition) is 0. The Bertz CT molecular complexity index is 584. The van der Waals surface area contributed by atoms with Gasteiger partial charge in [-0.25, -0.2) is 8.42 Å². The van der Waals surface area contributed by atoms with Crippen LogP contribution in [0.2, 0.25) is 0 Å². The lowest BCUT2D eigenvalue weighted by molar-refractivity contribution is 0.460. The number of alkyl halides is 1. The SMILES string of the molecule is CS(=O)(=O)c1ccc([N+]2([O-])C=C(Cl)C2Br)cc1. The van der Waals surface area contributed by atoms with Gasteiger partial charge in [-0.3, -0.25) is 4.65 Å². The maximum atomic E-state index is 12.2. The van der Waals surface area contributed by atoms with E-state index in [1.54, 1.807) is 0 Å². The van der Waals surface area contributed by atoms with E-state index in [-0.39, 0.29) is 4.90 Å². The molecule has 2 atom stereocenters. The molecule has 0 bridgehead atoms. The van der Waals surface area contributed by atoms with Crippen molar-refractivity contribution in [2.75, 3.05) is 6.26 Å². The molecule has 2 unspecified atom stereocenters. The highest BCUT2D eigenvalue weighted by Crippen LogP contribution is 2.42. The molecule has 92 valence electrons. The van der Waals surface area contributed by atoms with Crippen LogP contribution in [0, 0.1) is 5.21 Å². The number of nitrogens with zero attached hydrogens (tertiary/aromatic N) is 1. The predicted octanol–water partition coefficient (Wildman–Crippen LogP) is 2.71. The molecule has 0 N–H and O–H groups in total. The summed E-state index contributed by atoms with van der Waals surface area (Å²) in [6.07, 6.45) is 2.48. The molecular formula is C10H9BrClNO3S. The zero-order valence-corrected chi connectivity index (χ0v) is 12.0. The largest absolute Gasteiger partial charge is 0.621 e. The number of sulfone groups is 1.